The number of carbonyl (C=O) groups is 2. The number of rotatable bonds is 4. The molecule has 0 aliphatic carbocycles. The van der Waals surface area contributed by atoms with E-state index in [9.17, 15) is 9.59 Å². The molecule has 0 amide bonds. The highest BCUT2D eigenvalue weighted by Gasteiger charge is 2.12. The number of aromatic nitrogens is 2. The smallest absolute Gasteiger partial charge is 0.356 e. The zero-order valence-corrected chi connectivity index (χ0v) is 7.30. The Hall–Kier alpha value is -2.05. The molecule has 2 N–H and O–H groups in total. The number of aliphatic carboxylic acids is 1. The van der Waals surface area contributed by atoms with Gasteiger partial charge in [0.2, 0.25) is 5.88 Å². The molecule has 0 atom stereocenters. The van der Waals surface area contributed by atoms with Crippen molar-refractivity contribution in [3.8, 4) is 5.88 Å². The summed E-state index contributed by atoms with van der Waals surface area (Å²) in [7, 11) is 1.46. The summed E-state index contributed by atoms with van der Waals surface area (Å²) < 4.78 is 5.93. The summed E-state index contributed by atoms with van der Waals surface area (Å²) >= 11 is 0. The quantitative estimate of drug-likeness (QED) is 0.684. The molecule has 0 saturated carbocycles. The highest BCUT2D eigenvalue weighted by molar-refractivity contribution is 5.85. The maximum Gasteiger partial charge on any atom is 0.356 e. The molecule has 0 unspecified atom stereocenters. The molecule has 7 heteroatoms. The van der Waals surface area contributed by atoms with Crippen molar-refractivity contribution in [1.82, 2.24) is 9.78 Å². The van der Waals surface area contributed by atoms with Gasteiger partial charge in [-0.3, -0.25) is 0 Å². The number of hydrogen-bond donors (Lipinski definition) is 2. The SMILES string of the molecule is Cn1nc(C(=O)O)cc1OCC(=O)O. The van der Waals surface area contributed by atoms with Crippen molar-refractivity contribution in [1.29, 1.82) is 0 Å². The van der Waals surface area contributed by atoms with Crippen LogP contribution in [0, 0.1) is 0 Å². The Morgan fingerprint density at radius 2 is 2.21 bits per heavy atom. The largest absolute Gasteiger partial charge is 0.479 e. The Labute approximate surface area is 78.5 Å². The van der Waals surface area contributed by atoms with Crippen LogP contribution in [0.3, 0.4) is 0 Å². The van der Waals surface area contributed by atoms with E-state index in [1.807, 2.05) is 0 Å². The van der Waals surface area contributed by atoms with Gasteiger partial charge in [0.15, 0.2) is 12.3 Å². The number of ether oxygens (including phenoxy) is 1. The third-order valence-corrected chi connectivity index (χ3v) is 1.40. The summed E-state index contributed by atoms with van der Waals surface area (Å²) in [4.78, 5) is 20.6. The molecule has 0 fully saturated rings. The van der Waals surface area contributed by atoms with Crippen LogP contribution in [-0.2, 0) is 11.8 Å². The molecular formula is C7H8N2O5. The van der Waals surface area contributed by atoms with Gasteiger partial charge >= 0.3 is 11.9 Å². The summed E-state index contributed by atoms with van der Waals surface area (Å²) in [6.45, 7) is -0.529. The maximum atomic E-state index is 10.5. The summed E-state index contributed by atoms with van der Waals surface area (Å²) in [6.07, 6.45) is 0. The third kappa shape index (κ3) is 2.22. The highest BCUT2D eigenvalue weighted by Crippen LogP contribution is 2.11. The second-order valence-electron chi connectivity index (χ2n) is 2.48. The number of carboxylic acids is 2. The van der Waals surface area contributed by atoms with E-state index in [4.69, 9.17) is 14.9 Å². The van der Waals surface area contributed by atoms with E-state index >= 15 is 0 Å². The summed E-state index contributed by atoms with van der Waals surface area (Å²) in [5, 5.41) is 20.5. The minimum absolute atomic E-state index is 0.102. The number of hydrogen-bond acceptors (Lipinski definition) is 4. The molecule has 1 rings (SSSR count). The molecule has 0 spiro atoms. The third-order valence-electron chi connectivity index (χ3n) is 1.40. The average molecular weight is 200 g/mol. The van der Waals surface area contributed by atoms with E-state index in [0.29, 0.717) is 0 Å². The first-order valence-corrected chi connectivity index (χ1v) is 3.62. The molecule has 0 aliphatic heterocycles. The van der Waals surface area contributed by atoms with E-state index in [0.717, 1.165) is 10.7 Å². The van der Waals surface area contributed by atoms with Gasteiger partial charge in [-0.1, -0.05) is 0 Å². The van der Waals surface area contributed by atoms with Crippen molar-refractivity contribution in [2.45, 2.75) is 0 Å². The van der Waals surface area contributed by atoms with Crippen LogP contribution in [0.5, 0.6) is 5.88 Å². The van der Waals surface area contributed by atoms with E-state index in [2.05, 4.69) is 5.10 Å². The fourth-order valence-corrected chi connectivity index (χ4v) is 0.825. The van der Waals surface area contributed by atoms with Gasteiger partial charge in [0.05, 0.1) is 0 Å². The van der Waals surface area contributed by atoms with Crippen LogP contribution in [-0.4, -0.2) is 38.5 Å². The van der Waals surface area contributed by atoms with Crippen molar-refractivity contribution in [3.63, 3.8) is 0 Å². The molecule has 0 aliphatic rings. The van der Waals surface area contributed by atoms with Crippen LogP contribution in [0.2, 0.25) is 0 Å². The van der Waals surface area contributed by atoms with Gasteiger partial charge in [0, 0.05) is 13.1 Å². The standard InChI is InChI=1S/C7H8N2O5/c1-9-5(14-3-6(10)11)2-4(8-9)7(12)13/h2H,3H2,1H3,(H,10,11)(H,12,13). The molecule has 1 aromatic heterocycles. The predicted molar refractivity (Wildman–Crippen MR) is 43.3 cm³/mol. The average Bonchev–Trinajstić information content (AvgIpc) is 2.43. The van der Waals surface area contributed by atoms with Gasteiger partial charge < -0.3 is 14.9 Å². The second-order valence-corrected chi connectivity index (χ2v) is 2.48. The van der Waals surface area contributed by atoms with Crippen molar-refractivity contribution >= 4 is 11.9 Å². The Kier molecular flexibility index (Phi) is 2.70. The zero-order valence-electron chi connectivity index (χ0n) is 7.30. The zero-order chi connectivity index (χ0) is 10.7. The summed E-state index contributed by atoms with van der Waals surface area (Å²) in [6, 6.07) is 1.16. The van der Waals surface area contributed by atoms with Gasteiger partial charge in [-0.15, -0.1) is 0 Å². The van der Waals surface area contributed by atoms with Crippen LogP contribution in [0.15, 0.2) is 6.07 Å². The first-order chi connectivity index (χ1) is 6.50. The lowest BCUT2D eigenvalue weighted by molar-refractivity contribution is -0.139. The molecule has 0 saturated heterocycles. The predicted octanol–water partition coefficient (Wildman–Crippen LogP) is -0.418. The van der Waals surface area contributed by atoms with Gasteiger partial charge in [0.25, 0.3) is 0 Å². The van der Waals surface area contributed by atoms with Crippen molar-refractivity contribution in [2.75, 3.05) is 6.61 Å². The number of aromatic carboxylic acids is 1. The van der Waals surface area contributed by atoms with Crippen molar-refractivity contribution < 1.29 is 24.5 Å². The Bertz CT molecular complexity index is 370. The van der Waals surface area contributed by atoms with Crippen LogP contribution in [0.25, 0.3) is 0 Å². The monoisotopic (exact) mass is 200 g/mol. The van der Waals surface area contributed by atoms with Gasteiger partial charge in [-0.25, -0.2) is 14.3 Å². The van der Waals surface area contributed by atoms with E-state index in [1.165, 1.54) is 7.05 Å². The molecule has 0 radical (unpaired) electrons. The number of nitrogens with zero attached hydrogens (tertiary/aromatic N) is 2. The fourth-order valence-electron chi connectivity index (χ4n) is 0.825. The Morgan fingerprint density at radius 3 is 2.64 bits per heavy atom. The lowest BCUT2D eigenvalue weighted by Crippen LogP contribution is -2.11. The van der Waals surface area contributed by atoms with E-state index < -0.39 is 18.5 Å². The normalized spacial score (nSPS) is 9.79. The Balaban J connectivity index is 2.77. The van der Waals surface area contributed by atoms with E-state index in [1.54, 1.807) is 0 Å². The molecule has 7 nitrogen and oxygen atoms in total. The molecule has 1 aromatic rings. The second kappa shape index (κ2) is 3.77. The lowest BCUT2D eigenvalue weighted by Gasteiger charge is -2.00. The molecule has 1 heterocycles. The Morgan fingerprint density at radius 1 is 1.57 bits per heavy atom. The minimum Gasteiger partial charge on any atom is -0.479 e. The van der Waals surface area contributed by atoms with Crippen LogP contribution in [0.4, 0.5) is 0 Å². The fraction of sp³-hybridized carbons (Fsp3) is 0.286. The van der Waals surface area contributed by atoms with Crippen LogP contribution < -0.4 is 4.74 Å². The van der Waals surface area contributed by atoms with Gasteiger partial charge in [-0.2, -0.15) is 5.10 Å². The molecule has 0 aromatic carbocycles. The highest BCUT2D eigenvalue weighted by atomic mass is 16.5. The molecule has 14 heavy (non-hydrogen) atoms. The first-order valence-electron chi connectivity index (χ1n) is 3.62. The summed E-state index contributed by atoms with van der Waals surface area (Å²) in [5.41, 5.74) is -0.187. The lowest BCUT2D eigenvalue weighted by atomic mass is 10.4. The summed E-state index contributed by atoms with van der Waals surface area (Å²) in [5.74, 6) is -2.22. The van der Waals surface area contributed by atoms with Gasteiger partial charge in [-0.05, 0) is 0 Å². The molecule has 0 bridgehead atoms. The minimum atomic E-state index is -1.19. The molecular weight excluding hydrogens is 192 g/mol. The first kappa shape index (κ1) is 10.0. The van der Waals surface area contributed by atoms with Gasteiger partial charge in [0.1, 0.15) is 0 Å². The molecule has 76 valence electrons. The van der Waals surface area contributed by atoms with Crippen LogP contribution in [0.1, 0.15) is 10.5 Å². The van der Waals surface area contributed by atoms with E-state index in [-0.39, 0.29) is 11.6 Å². The van der Waals surface area contributed by atoms with Crippen molar-refractivity contribution in [3.05, 3.63) is 11.8 Å². The number of carboxylic acid groups (broad SMARTS) is 2. The van der Waals surface area contributed by atoms with Crippen LogP contribution >= 0.6 is 0 Å². The maximum absolute atomic E-state index is 10.5. The number of aryl methyl sites for hydroxylation is 1. The topological polar surface area (TPSA) is 102 Å². The van der Waals surface area contributed by atoms with Crippen molar-refractivity contribution in [2.24, 2.45) is 7.05 Å².